The van der Waals surface area contributed by atoms with Gasteiger partial charge in [0, 0.05) is 48.4 Å². The summed E-state index contributed by atoms with van der Waals surface area (Å²) >= 11 is 0. The lowest BCUT2D eigenvalue weighted by atomic mass is 9.90. The normalized spacial score (nSPS) is 10.6. The molecule has 31 heavy (non-hydrogen) atoms. The van der Waals surface area contributed by atoms with Crippen molar-refractivity contribution in [1.82, 2.24) is 4.58 Å². The fraction of sp³-hybridized carbons (Fsp3) is 0.200. The van der Waals surface area contributed by atoms with E-state index in [0.717, 1.165) is 44.5 Å². The Hall–Kier alpha value is -3.31. The number of methoxy groups -OCH3 is 1. The zero-order valence-corrected chi connectivity index (χ0v) is 19.0. The standard InChI is InChI=1S/C25H25N2O3.ClH/c1-26(2)16-10-12-20-22(14-16)30-23-15-17(27(3)4)11-13-21(23)24(20)18-8-6-7-9-19(18)25(28)29-5;/h6-15H,1-5H3;1H/q+1;/p-1. The highest BCUT2D eigenvalue weighted by atomic mass is 35.5. The fourth-order valence-electron chi connectivity index (χ4n) is 3.70. The minimum atomic E-state index is -0.359. The van der Waals surface area contributed by atoms with Crippen molar-refractivity contribution in [3.63, 3.8) is 0 Å². The van der Waals surface area contributed by atoms with Crippen LogP contribution in [-0.2, 0) is 4.74 Å². The highest BCUT2D eigenvalue weighted by Gasteiger charge is 2.22. The van der Waals surface area contributed by atoms with Gasteiger partial charge in [-0.3, -0.25) is 0 Å². The van der Waals surface area contributed by atoms with E-state index in [1.165, 1.54) is 7.11 Å². The second-order valence-electron chi connectivity index (χ2n) is 7.66. The minimum Gasteiger partial charge on any atom is -1.00 e. The highest BCUT2D eigenvalue weighted by Crippen LogP contribution is 2.41. The summed E-state index contributed by atoms with van der Waals surface area (Å²) in [6.45, 7) is 0. The van der Waals surface area contributed by atoms with Gasteiger partial charge in [0.2, 0.25) is 5.36 Å². The van der Waals surface area contributed by atoms with E-state index in [2.05, 4.69) is 24.3 Å². The van der Waals surface area contributed by atoms with Crippen LogP contribution in [0.2, 0.25) is 0 Å². The molecule has 0 aromatic heterocycles. The predicted molar refractivity (Wildman–Crippen MR) is 121 cm³/mol. The summed E-state index contributed by atoms with van der Waals surface area (Å²) in [6, 6.07) is 19.8. The number of hydrogen-bond donors (Lipinski definition) is 0. The Morgan fingerprint density at radius 3 is 2.39 bits per heavy atom. The first-order valence-electron chi connectivity index (χ1n) is 9.76. The summed E-state index contributed by atoms with van der Waals surface area (Å²) in [4.78, 5) is 14.5. The lowest BCUT2D eigenvalue weighted by Crippen LogP contribution is -3.00. The van der Waals surface area contributed by atoms with E-state index in [-0.39, 0.29) is 18.4 Å². The monoisotopic (exact) mass is 436 g/mol. The van der Waals surface area contributed by atoms with Gasteiger partial charge in [-0.1, -0.05) is 18.2 Å². The van der Waals surface area contributed by atoms with Crippen LogP contribution in [0, 0.1) is 0 Å². The Morgan fingerprint density at radius 1 is 0.968 bits per heavy atom. The molecule has 0 fully saturated rings. The Balaban J connectivity index is 0.00000272. The Labute approximate surface area is 187 Å². The number of esters is 1. The van der Waals surface area contributed by atoms with Gasteiger partial charge in [0.15, 0.2) is 0 Å². The maximum absolute atomic E-state index is 12.5. The van der Waals surface area contributed by atoms with Crippen molar-refractivity contribution in [2.75, 3.05) is 40.2 Å². The van der Waals surface area contributed by atoms with Crippen LogP contribution in [0.25, 0.3) is 33.4 Å². The van der Waals surface area contributed by atoms with Crippen LogP contribution >= 0.6 is 0 Å². The van der Waals surface area contributed by atoms with Gasteiger partial charge in [-0.05, 0) is 29.8 Å². The maximum Gasteiger partial charge on any atom is 0.338 e. The largest absolute Gasteiger partial charge is 1.00 e. The molecule has 0 radical (unpaired) electrons. The molecule has 1 aliphatic carbocycles. The van der Waals surface area contributed by atoms with Crippen LogP contribution in [0.15, 0.2) is 65.1 Å². The van der Waals surface area contributed by atoms with Crippen LogP contribution in [0.4, 0.5) is 5.69 Å². The quantitative estimate of drug-likeness (QED) is 0.274. The number of carbonyl (C=O) groups excluding carboxylic acids is 1. The van der Waals surface area contributed by atoms with Crippen LogP contribution in [0.5, 0.6) is 0 Å². The number of nitrogens with zero attached hydrogens (tertiary/aromatic N) is 2. The summed E-state index contributed by atoms with van der Waals surface area (Å²) in [5, 5.41) is 1.99. The molecule has 0 atom stereocenters. The zero-order chi connectivity index (χ0) is 21.4. The number of anilines is 1. The first-order chi connectivity index (χ1) is 14.4. The summed E-state index contributed by atoms with van der Waals surface area (Å²) in [6.07, 6.45) is 0. The second kappa shape index (κ2) is 8.82. The van der Waals surface area contributed by atoms with Gasteiger partial charge in [0.1, 0.15) is 25.4 Å². The summed E-state index contributed by atoms with van der Waals surface area (Å²) in [5.41, 5.74) is 5.07. The molecule has 4 rings (SSSR count). The number of halogens is 1. The molecular formula is C25H25ClN2O3. The Morgan fingerprint density at radius 2 is 1.71 bits per heavy atom. The van der Waals surface area contributed by atoms with Crippen LogP contribution < -0.4 is 27.2 Å². The van der Waals surface area contributed by atoms with E-state index in [9.17, 15) is 4.79 Å². The molecule has 160 valence electrons. The number of carbonyl (C=O) groups is 1. The van der Waals surface area contributed by atoms with Gasteiger partial charge in [0.25, 0.3) is 0 Å². The van der Waals surface area contributed by atoms with E-state index in [4.69, 9.17) is 9.15 Å². The molecule has 5 nitrogen and oxygen atoms in total. The average molecular weight is 437 g/mol. The highest BCUT2D eigenvalue weighted by molar-refractivity contribution is 6.08. The molecule has 2 aromatic carbocycles. The van der Waals surface area contributed by atoms with Crippen molar-refractivity contribution in [3.8, 4) is 22.5 Å². The molecular weight excluding hydrogens is 412 g/mol. The summed E-state index contributed by atoms with van der Waals surface area (Å²) in [5.74, 6) is 0.404. The molecule has 0 unspecified atom stereocenters. The first-order valence-corrected chi connectivity index (χ1v) is 9.76. The van der Waals surface area contributed by atoms with Crippen molar-refractivity contribution in [3.05, 3.63) is 71.6 Å². The molecule has 0 amide bonds. The van der Waals surface area contributed by atoms with Crippen LogP contribution in [0.3, 0.4) is 0 Å². The molecule has 0 saturated heterocycles. The molecule has 2 aromatic rings. The molecule has 0 N–H and O–H groups in total. The average Bonchev–Trinajstić information content (AvgIpc) is 2.76. The van der Waals surface area contributed by atoms with Crippen molar-refractivity contribution in [2.45, 2.75) is 0 Å². The smallest absolute Gasteiger partial charge is 0.338 e. The molecule has 0 saturated carbocycles. The van der Waals surface area contributed by atoms with Gasteiger partial charge >= 0.3 is 5.97 Å². The van der Waals surface area contributed by atoms with Crippen molar-refractivity contribution >= 4 is 22.6 Å². The molecule has 2 aliphatic rings. The van der Waals surface area contributed by atoms with Crippen molar-refractivity contribution < 1.29 is 26.4 Å². The van der Waals surface area contributed by atoms with E-state index >= 15 is 0 Å². The molecule has 0 bridgehead atoms. The van der Waals surface area contributed by atoms with E-state index < -0.39 is 0 Å². The van der Waals surface area contributed by atoms with E-state index in [1.807, 2.05) is 68.0 Å². The van der Waals surface area contributed by atoms with Crippen molar-refractivity contribution in [2.24, 2.45) is 0 Å². The zero-order valence-electron chi connectivity index (χ0n) is 18.3. The SMILES string of the molecule is COC(=O)c1ccccc1-c1c2ccc(=[N+](C)C)cc-2oc2cc(N(C)C)ccc12.[Cl-]. The van der Waals surface area contributed by atoms with Gasteiger partial charge in [-0.2, -0.15) is 0 Å². The lowest BCUT2D eigenvalue weighted by Gasteiger charge is -2.19. The number of rotatable bonds is 3. The van der Waals surface area contributed by atoms with Gasteiger partial charge < -0.3 is 26.5 Å². The number of hydrogen-bond acceptors (Lipinski definition) is 4. The fourth-order valence-corrected chi connectivity index (χ4v) is 3.70. The lowest BCUT2D eigenvalue weighted by molar-refractivity contribution is -0.0000212. The predicted octanol–water partition coefficient (Wildman–Crippen LogP) is 1.09. The van der Waals surface area contributed by atoms with Gasteiger partial charge in [-0.25, -0.2) is 9.37 Å². The minimum absolute atomic E-state index is 0. The third-order valence-electron chi connectivity index (χ3n) is 5.32. The number of fused-ring (bicyclic) bond motifs is 2. The van der Waals surface area contributed by atoms with E-state index in [1.54, 1.807) is 6.07 Å². The Kier molecular flexibility index (Phi) is 6.37. The second-order valence-corrected chi connectivity index (χ2v) is 7.66. The van der Waals surface area contributed by atoms with Crippen LogP contribution in [-0.4, -0.2) is 41.3 Å². The molecule has 6 heteroatoms. The van der Waals surface area contributed by atoms with Crippen molar-refractivity contribution in [1.29, 1.82) is 0 Å². The number of benzene rings is 3. The third kappa shape index (κ3) is 4.01. The Bertz CT molecular complexity index is 1300. The summed E-state index contributed by atoms with van der Waals surface area (Å²) in [7, 11) is 9.40. The first kappa shape index (κ1) is 22.4. The molecule has 0 spiro atoms. The van der Waals surface area contributed by atoms with Gasteiger partial charge in [-0.15, -0.1) is 0 Å². The third-order valence-corrected chi connectivity index (χ3v) is 5.32. The maximum atomic E-state index is 12.5. The van der Waals surface area contributed by atoms with E-state index in [0.29, 0.717) is 5.56 Å². The summed E-state index contributed by atoms with van der Waals surface area (Å²) < 4.78 is 13.4. The van der Waals surface area contributed by atoms with Gasteiger partial charge in [0.05, 0.1) is 18.7 Å². The molecule has 1 aliphatic heterocycles. The van der Waals surface area contributed by atoms with Crippen LogP contribution in [0.1, 0.15) is 10.4 Å². The molecule has 1 heterocycles. The topological polar surface area (TPSA) is 45.7 Å². The number of ether oxygens (including phenoxy) is 1.